The zero-order chi connectivity index (χ0) is 18.5. The standard InChI is InChI=1S/C24H42O2/c25-23(21-17-13-9-5-1-2-6-10-14-18-21)24(26)22-19-15-11-7-3-4-8-12-16-20-22/h21-22H,1-20H2. The third-order valence-corrected chi connectivity index (χ3v) is 6.69. The minimum atomic E-state index is 0.00381. The van der Waals surface area contributed by atoms with Gasteiger partial charge in [-0.15, -0.1) is 0 Å². The highest BCUT2D eigenvalue weighted by Crippen LogP contribution is 2.27. The second kappa shape index (κ2) is 13.5. The Morgan fingerprint density at radius 3 is 0.769 bits per heavy atom. The molecule has 26 heavy (non-hydrogen) atoms. The molecule has 0 aromatic heterocycles. The minimum absolute atomic E-state index is 0.00381. The van der Waals surface area contributed by atoms with Crippen LogP contribution in [0, 0.1) is 11.8 Å². The van der Waals surface area contributed by atoms with Crippen LogP contribution in [0.25, 0.3) is 0 Å². The maximum Gasteiger partial charge on any atom is 0.201 e. The Morgan fingerprint density at radius 1 is 0.346 bits per heavy atom. The predicted molar refractivity (Wildman–Crippen MR) is 109 cm³/mol. The number of rotatable bonds is 3. The van der Waals surface area contributed by atoms with Crippen molar-refractivity contribution in [2.75, 3.05) is 0 Å². The molecule has 0 N–H and O–H groups in total. The van der Waals surface area contributed by atoms with E-state index in [-0.39, 0.29) is 23.4 Å². The fourth-order valence-electron chi connectivity index (χ4n) is 4.90. The summed E-state index contributed by atoms with van der Waals surface area (Å²) >= 11 is 0. The highest BCUT2D eigenvalue weighted by molar-refractivity contribution is 6.38. The Hall–Kier alpha value is -0.660. The van der Waals surface area contributed by atoms with Crippen LogP contribution in [0.15, 0.2) is 0 Å². The summed E-state index contributed by atoms with van der Waals surface area (Å²) in [6.45, 7) is 0. The molecule has 0 aromatic carbocycles. The molecular weight excluding hydrogens is 320 g/mol. The zero-order valence-electron chi connectivity index (χ0n) is 17.1. The molecule has 2 saturated carbocycles. The molecule has 2 aliphatic carbocycles. The van der Waals surface area contributed by atoms with Crippen LogP contribution < -0.4 is 0 Å². The lowest BCUT2D eigenvalue weighted by atomic mass is 9.82. The van der Waals surface area contributed by atoms with Crippen LogP contribution in [-0.4, -0.2) is 11.6 Å². The molecule has 0 amide bonds. The number of Topliss-reactive ketones (excluding diaryl/α,β-unsaturated/α-hetero) is 2. The van der Waals surface area contributed by atoms with E-state index in [0.29, 0.717) is 0 Å². The molecule has 0 saturated heterocycles. The van der Waals surface area contributed by atoms with Gasteiger partial charge in [-0.05, 0) is 25.7 Å². The molecule has 0 spiro atoms. The Balaban J connectivity index is 1.90. The molecule has 0 heterocycles. The van der Waals surface area contributed by atoms with Crippen LogP contribution in [-0.2, 0) is 9.59 Å². The van der Waals surface area contributed by atoms with Gasteiger partial charge in [0.25, 0.3) is 0 Å². The first-order valence-corrected chi connectivity index (χ1v) is 11.9. The molecule has 0 aliphatic heterocycles. The van der Waals surface area contributed by atoms with Crippen molar-refractivity contribution in [1.82, 2.24) is 0 Å². The highest BCUT2D eigenvalue weighted by Gasteiger charge is 2.30. The maximum absolute atomic E-state index is 13.0. The molecular formula is C24H42O2. The molecule has 2 aliphatic rings. The summed E-state index contributed by atoms with van der Waals surface area (Å²) in [5.41, 5.74) is 0. The van der Waals surface area contributed by atoms with Crippen LogP contribution in [0.2, 0.25) is 0 Å². The quantitative estimate of drug-likeness (QED) is 0.498. The third kappa shape index (κ3) is 8.35. The van der Waals surface area contributed by atoms with Gasteiger partial charge in [-0.3, -0.25) is 9.59 Å². The average Bonchev–Trinajstić information content (AvgIpc) is 2.76. The summed E-state index contributed by atoms with van der Waals surface area (Å²) in [7, 11) is 0. The summed E-state index contributed by atoms with van der Waals surface area (Å²) < 4.78 is 0. The van der Waals surface area contributed by atoms with Crippen molar-refractivity contribution in [1.29, 1.82) is 0 Å². The largest absolute Gasteiger partial charge is 0.291 e. The first-order valence-electron chi connectivity index (χ1n) is 11.9. The summed E-state index contributed by atoms with van der Waals surface area (Å²) in [6.07, 6.45) is 23.9. The predicted octanol–water partition coefficient (Wildman–Crippen LogP) is 7.19. The van der Waals surface area contributed by atoms with E-state index in [0.717, 1.165) is 51.4 Å². The van der Waals surface area contributed by atoms with Crippen LogP contribution in [0.4, 0.5) is 0 Å². The Labute approximate surface area is 161 Å². The van der Waals surface area contributed by atoms with E-state index in [9.17, 15) is 9.59 Å². The fourth-order valence-corrected chi connectivity index (χ4v) is 4.90. The number of carbonyl (C=O) groups excluding carboxylic acids is 2. The fraction of sp³-hybridized carbons (Fsp3) is 0.917. The second-order valence-electron chi connectivity index (χ2n) is 8.93. The van der Waals surface area contributed by atoms with E-state index in [1.807, 2.05) is 0 Å². The molecule has 2 rings (SSSR count). The minimum Gasteiger partial charge on any atom is -0.291 e. The molecule has 2 fully saturated rings. The van der Waals surface area contributed by atoms with Crippen molar-refractivity contribution in [3.63, 3.8) is 0 Å². The Bertz CT molecular complexity index is 339. The van der Waals surface area contributed by atoms with Gasteiger partial charge in [0, 0.05) is 11.8 Å². The number of hydrogen-bond donors (Lipinski definition) is 0. The molecule has 0 aromatic rings. The lowest BCUT2D eigenvalue weighted by molar-refractivity contribution is -0.142. The highest BCUT2D eigenvalue weighted by atomic mass is 16.2. The Kier molecular flexibility index (Phi) is 11.2. The van der Waals surface area contributed by atoms with Gasteiger partial charge in [0.05, 0.1) is 0 Å². The lowest BCUT2D eigenvalue weighted by Crippen LogP contribution is -2.30. The summed E-state index contributed by atoms with van der Waals surface area (Å²) in [5.74, 6) is 0.0609. The smallest absolute Gasteiger partial charge is 0.201 e. The van der Waals surface area contributed by atoms with Gasteiger partial charge >= 0.3 is 0 Å². The van der Waals surface area contributed by atoms with Crippen molar-refractivity contribution in [2.45, 2.75) is 128 Å². The summed E-state index contributed by atoms with van der Waals surface area (Å²) in [5, 5.41) is 0. The van der Waals surface area contributed by atoms with Gasteiger partial charge in [-0.2, -0.15) is 0 Å². The molecule has 0 bridgehead atoms. The number of ketones is 2. The second-order valence-corrected chi connectivity index (χ2v) is 8.93. The monoisotopic (exact) mass is 362 g/mol. The molecule has 150 valence electrons. The van der Waals surface area contributed by atoms with E-state index in [4.69, 9.17) is 0 Å². The third-order valence-electron chi connectivity index (χ3n) is 6.69. The van der Waals surface area contributed by atoms with E-state index < -0.39 is 0 Å². The van der Waals surface area contributed by atoms with Crippen LogP contribution in [0.3, 0.4) is 0 Å². The number of carbonyl (C=O) groups is 2. The van der Waals surface area contributed by atoms with Crippen LogP contribution >= 0.6 is 0 Å². The van der Waals surface area contributed by atoms with E-state index in [2.05, 4.69) is 0 Å². The average molecular weight is 363 g/mol. The van der Waals surface area contributed by atoms with Crippen molar-refractivity contribution in [2.24, 2.45) is 11.8 Å². The SMILES string of the molecule is O=C(C(=O)C1CCCCCCCCCC1)C1CCCCCCCCCC1. The van der Waals surface area contributed by atoms with Crippen LogP contribution in [0.1, 0.15) is 128 Å². The van der Waals surface area contributed by atoms with Gasteiger partial charge in [0.1, 0.15) is 0 Å². The van der Waals surface area contributed by atoms with Gasteiger partial charge < -0.3 is 0 Å². The number of hydrogen-bond acceptors (Lipinski definition) is 2. The van der Waals surface area contributed by atoms with E-state index >= 15 is 0 Å². The normalized spacial score (nSPS) is 24.2. The first-order chi connectivity index (χ1) is 12.8. The van der Waals surface area contributed by atoms with Gasteiger partial charge in [-0.1, -0.05) is 103 Å². The van der Waals surface area contributed by atoms with Crippen molar-refractivity contribution in [3.05, 3.63) is 0 Å². The zero-order valence-corrected chi connectivity index (χ0v) is 17.1. The molecule has 2 nitrogen and oxygen atoms in total. The molecule has 0 atom stereocenters. The van der Waals surface area contributed by atoms with Crippen LogP contribution in [0.5, 0.6) is 0 Å². The van der Waals surface area contributed by atoms with Gasteiger partial charge in [0.2, 0.25) is 11.6 Å². The lowest BCUT2D eigenvalue weighted by Gasteiger charge is -2.19. The molecule has 0 radical (unpaired) electrons. The van der Waals surface area contributed by atoms with Crippen molar-refractivity contribution in [3.8, 4) is 0 Å². The molecule has 0 unspecified atom stereocenters. The topological polar surface area (TPSA) is 34.1 Å². The van der Waals surface area contributed by atoms with Gasteiger partial charge in [-0.25, -0.2) is 0 Å². The van der Waals surface area contributed by atoms with Crippen molar-refractivity contribution >= 4 is 11.6 Å². The maximum atomic E-state index is 13.0. The summed E-state index contributed by atoms with van der Waals surface area (Å²) in [6, 6.07) is 0. The van der Waals surface area contributed by atoms with E-state index in [1.54, 1.807) is 0 Å². The first kappa shape index (κ1) is 21.6. The Morgan fingerprint density at radius 2 is 0.538 bits per heavy atom. The van der Waals surface area contributed by atoms with E-state index in [1.165, 1.54) is 77.0 Å². The van der Waals surface area contributed by atoms with Crippen molar-refractivity contribution < 1.29 is 9.59 Å². The molecule has 2 heteroatoms. The summed E-state index contributed by atoms with van der Waals surface area (Å²) in [4.78, 5) is 26.0. The van der Waals surface area contributed by atoms with Gasteiger partial charge in [0.15, 0.2) is 0 Å².